The largest absolute Gasteiger partial charge is 0.454 e. The number of pyridine rings is 1. The lowest BCUT2D eigenvalue weighted by molar-refractivity contribution is 0.174. The molecule has 3 aromatic heterocycles. The molecule has 1 aliphatic rings. The lowest BCUT2D eigenvalue weighted by Crippen LogP contribution is -2.24. The van der Waals surface area contributed by atoms with E-state index in [-0.39, 0.29) is 18.2 Å². The standard InChI is InChI=1S/C26H18FN5O4/c1-32-24(8-15-2-4-16(27)5-3-15)29-12-19(26(32)33)20-7-6-17(11-28-20)36-25-18-9-22-23(35-14-34-22)10-21(18)30-13-31-25/h2-7,9-13H,8,14H2,1H3. The molecule has 0 bridgehead atoms. The van der Waals surface area contributed by atoms with Gasteiger partial charge in [-0.2, -0.15) is 0 Å². The van der Waals surface area contributed by atoms with E-state index in [0.29, 0.717) is 57.5 Å². The van der Waals surface area contributed by atoms with E-state index in [1.165, 1.54) is 35.4 Å². The van der Waals surface area contributed by atoms with Crippen LogP contribution in [0, 0.1) is 5.82 Å². The number of benzene rings is 2. The van der Waals surface area contributed by atoms with Gasteiger partial charge in [0.2, 0.25) is 12.7 Å². The minimum absolute atomic E-state index is 0.155. The monoisotopic (exact) mass is 483 g/mol. The number of aromatic nitrogens is 5. The summed E-state index contributed by atoms with van der Waals surface area (Å²) in [5, 5.41) is 0.667. The van der Waals surface area contributed by atoms with Crippen LogP contribution in [0.15, 0.2) is 72.0 Å². The van der Waals surface area contributed by atoms with Crippen LogP contribution in [0.1, 0.15) is 11.4 Å². The Morgan fingerprint density at radius 1 is 0.972 bits per heavy atom. The van der Waals surface area contributed by atoms with Crippen LogP contribution in [-0.4, -0.2) is 31.3 Å². The topological polar surface area (TPSA) is 101 Å². The van der Waals surface area contributed by atoms with Gasteiger partial charge >= 0.3 is 0 Å². The fourth-order valence-electron chi connectivity index (χ4n) is 3.92. The molecular formula is C26H18FN5O4. The molecule has 9 nitrogen and oxygen atoms in total. The van der Waals surface area contributed by atoms with Crippen LogP contribution < -0.4 is 19.8 Å². The molecule has 0 atom stereocenters. The SMILES string of the molecule is Cn1c(Cc2ccc(F)cc2)ncc(-c2ccc(Oc3ncnc4cc5c(cc34)OCO5)cn2)c1=O. The zero-order valence-electron chi connectivity index (χ0n) is 19.0. The van der Waals surface area contributed by atoms with E-state index in [1.807, 2.05) is 0 Å². The molecule has 4 heterocycles. The van der Waals surface area contributed by atoms with E-state index in [4.69, 9.17) is 14.2 Å². The van der Waals surface area contributed by atoms with Gasteiger partial charge in [0.25, 0.3) is 5.56 Å². The number of nitrogens with zero attached hydrogens (tertiary/aromatic N) is 5. The molecule has 10 heteroatoms. The Balaban J connectivity index is 1.25. The van der Waals surface area contributed by atoms with Crippen LogP contribution in [0.4, 0.5) is 4.39 Å². The smallest absolute Gasteiger partial charge is 0.262 e. The molecule has 0 spiro atoms. The average Bonchev–Trinajstić information content (AvgIpc) is 3.35. The maximum Gasteiger partial charge on any atom is 0.262 e. The Hall–Kier alpha value is -4.86. The van der Waals surface area contributed by atoms with Crippen molar-refractivity contribution in [1.29, 1.82) is 0 Å². The third-order valence-electron chi connectivity index (χ3n) is 5.86. The van der Waals surface area contributed by atoms with Gasteiger partial charge in [-0.25, -0.2) is 19.3 Å². The molecule has 0 aliphatic carbocycles. The summed E-state index contributed by atoms with van der Waals surface area (Å²) in [4.78, 5) is 30.4. The molecular weight excluding hydrogens is 465 g/mol. The minimum Gasteiger partial charge on any atom is -0.454 e. The second kappa shape index (κ2) is 8.73. The molecule has 0 fully saturated rings. The van der Waals surface area contributed by atoms with Gasteiger partial charge in [0.15, 0.2) is 11.5 Å². The lowest BCUT2D eigenvalue weighted by Gasteiger charge is -2.10. The van der Waals surface area contributed by atoms with E-state index in [2.05, 4.69) is 19.9 Å². The fourth-order valence-corrected chi connectivity index (χ4v) is 3.92. The molecule has 0 N–H and O–H groups in total. The summed E-state index contributed by atoms with van der Waals surface area (Å²) < 4.78 is 31.4. The maximum absolute atomic E-state index is 13.2. The summed E-state index contributed by atoms with van der Waals surface area (Å²) >= 11 is 0. The van der Waals surface area contributed by atoms with Crippen molar-refractivity contribution in [3.05, 3.63) is 94.8 Å². The molecule has 178 valence electrons. The van der Waals surface area contributed by atoms with Gasteiger partial charge in [-0.1, -0.05) is 12.1 Å². The molecule has 36 heavy (non-hydrogen) atoms. The van der Waals surface area contributed by atoms with Crippen molar-refractivity contribution in [3.8, 4) is 34.4 Å². The second-order valence-corrected chi connectivity index (χ2v) is 8.14. The van der Waals surface area contributed by atoms with Crippen molar-refractivity contribution in [3.63, 3.8) is 0 Å². The highest BCUT2D eigenvalue weighted by Gasteiger charge is 2.18. The fraction of sp³-hybridized carbons (Fsp3) is 0.115. The zero-order chi connectivity index (χ0) is 24.6. The number of hydrogen-bond donors (Lipinski definition) is 0. The van der Waals surface area contributed by atoms with Crippen LogP contribution in [-0.2, 0) is 13.5 Å². The van der Waals surface area contributed by atoms with Crippen LogP contribution in [0.25, 0.3) is 22.2 Å². The van der Waals surface area contributed by atoms with Crippen LogP contribution >= 0.6 is 0 Å². The Bertz CT molecular complexity index is 1650. The summed E-state index contributed by atoms with van der Waals surface area (Å²) in [6.45, 7) is 0.155. The summed E-state index contributed by atoms with van der Waals surface area (Å²) in [7, 11) is 1.65. The molecule has 5 aromatic rings. The highest BCUT2D eigenvalue weighted by atomic mass is 19.1. The first kappa shape index (κ1) is 21.7. The summed E-state index contributed by atoms with van der Waals surface area (Å²) in [6, 6.07) is 13.0. The molecule has 6 rings (SSSR count). The Morgan fingerprint density at radius 3 is 2.56 bits per heavy atom. The van der Waals surface area contributed by atoms with Crippen LogP contribution in [0.5, 0.6) is 23.1 Å². The highest BCUT2D eigenvalue weighted by molar-refractivity contribution is 5.87. The van der Waals surface area contributed by atoms with Gasteiger partial charge in [0.1, 0.15) is 23.7 Å². The van der Waals surface area contributed by atoms with Crippen molar-refractivity contribution >= 4 is 10.9 Å². The van der Waals surface area contributed by atoms with Gasteiger partial charge in [-0.3, -0.25) is 14.3 Å². The first-order chi connectivity index (χ1) is 17.5. The highest BCUT2D eigenvalue weighted by Crippen LogP contribution is 2.38. The van der Waals surface area contributed by atoms with Crippen molar-refractivity contribution in [1.82, 2.24) is 24.5 Å². The molecule has 0 radical (unpaired) electrons. The minimum atomic E-state index is -0.311. The summed E-state index contributed by atoms with van der Waals surface area (Å²) in [5.41, 5.74) is 2.09. The third-order valence-corrected chi connectivity index (χ3v) is 5.86. The second-order valence-electron chi connectivity index (χ2n) is 8.14. The van der Waals surface area contributed by atoms with Crippen molar-refractivity contribution < 1.29 is 18.6 Å². The molecule has 1 aliphatic heterocycles. The number of hydrogen-bond acceptors (Lipinski definition) is 8. The van der Waals surface area contributed by atoms with Gasteiger partial charge in [-0.05, 0) is 35.9 Å². The zero-order valence-corrected chi connectivity index (χ0v) is 19.0. The van der Waals surface area contributed by atoms with E-state index in [0.717, 1.165) is 5.56 Å². The van der Waals surface area contributed by atoms with Crippen LogP contribution in [0.2, 0.25) is 0 Å². The first-order valence-corrected chi connectivity index (χ1v) is 11.0. The Labute approximate surface area is 203 Å². The summed E-state index contributed by atoms with van der Waals surface area (Å²) in [6.07, 6.45) is 4.83. The van der Waals surface area contributed by atoms with E-state index < -0.39 is 0 Å². The quantitative estimate of drug-likeness (QED) is 0.369. The summed E-state index contributed by atoms with van der Waals surface area (Å²) in [5.74, 6) is 2.25. The Kier molecular flexibility index (Phi) is 5.25. The average molecular weight is 483 g/mol. The van der Waals surface area contributed by atoms with E-state index in [9.17, 15) is 9.18 Å². The number of rotatable bonds is 5. The van der Waals surface area contributed by atoms with E-state index in [1.54, 1.807) is 43.4 Å². The third kappa shape index (κ3) is 3.98. The maximum atomic E-state index is 13.2. The van der Waals surface area contributed by atoms with Crippen molar-refractivity contribution in [2.24, 2.45) is 7.05 Å². The molecule has 2 aromatic carbocycles. The van der Waals surface area contributed by atoms with Gasteiger partial charge in [0, 0.05) is 25.7 Å². The predicted molar refractivity (Wildman–Crippen MR) is 128 cm³/mol. The van der Waals surface area contributed by atoms with Gasteiger partial charge in [-0.15, -0.1) is 0 Å². The van der Waals surface area contributed by atoms with Gasteiger partial charge in [0.05, 0.1) is 28.4 Å². The van der Waals surface area contributed by atoms with Gasteiger partial charge < -0.3 is 14.2 Å². The number of halogens is 1. The molecule has 0 amide bonds. The number of fused-ring (bicyclic) bond motifs is 2. The first-order valence-electron chi connectivity index (χ1n) is 11.0. The number of ether oxygens (including phenoxy) is 3. The molecule has 0 saturated heterocycles. The molecule has 0 unspecified atom stereocenters. The van der Waals surface area contributed by atoms with Crippen molar-refractivity contribution in [2.75, 3.05) is 6.79 Å². The van der Waals surface area contributed by atoms with Crippen molar-refractivity contribution in [2.45, 2.75) is 6.42 Å². The Morgan fingerprint density at radius 2 is 1.78 bits per heavy atom. The molecule has 0 saturated carbocycles. The lowest BCUT2D eigenvalue weighted by atomic mass is 10.1. The van der Waals surface area contributed by atoms with E-state index >= 15 is 0 Å². The normalized spacial score (nSPS) is 12.2. The predicted octanol–water partition coefficient (Wildman–Crippen LogP) is 4.04. The van der Waals surface area contributed by atoms with Crippen LogP contribution in [0.3, 0.4) is 0 Å².